The summed E-state index contributed by atoms with van der Waals surface area (Å²) in [5.74, 6) is 3.60. The van der Waals surface area contributed by atoms with Gasteiger partial charge < -0.3 is 11.1 Å². The molecule has 104 valence electrons. The first-order chi connectivity index (χ1) is 9.08. The van der Waals surface area contributed by atoms with E-state index in [0.29, 0.717) is 11.8 Å². The number of nitrogen functional groups attached to an aromatic ring is 1. The summed E-state index contributed by atoms with van der Waals surface area (Å²) in [5.41, 5.74) is 5.73. The van der Waals surface area contributed by atoms with Crippen molar-refractivity contribution in [2.24, 2.45) is 0 Å². The van der Waals surface area contributed by atoms with Gasteiger partial charge in [0.1, 0.15) is 5.69 Å². The van der Waals surface area contributed by atoms with E-state index < -0.39 is 4.92 Å². The summed E-state index contributed by atoms with van der Waals surface area (Å²) in [6.45, 7) is 2.21. The Kier molecular flexibility index (Phi) is 4.70. The topological polar surface area (TPSA) is 107 Å². The molecule has 2 heterocycles. The van der Waals surface area contributed by atoms with Crippen LogP contribution in [-0.2, 0) is 0 Å². The van der Waals surface area contributed by atoms with Gasteiger partial charge in [0.25, 0.3) is 0 Å². The van der Waals surface area contributed by atoms with Gasteiger partial charge in [0.05, 0.1) is 4.92 Å². The fourth-order valence-electron chi connectivity index (χ4n) is 1.80. The summed E-state index contributed by atoms with van der Waals surface area (Å²) < 4.78 is 0. The number of aromatic nitrogens is 2. The van der Waals surface area contributed by atoms with Crippen LogP contribution in [0, 0.1) is 17.0 Å². The summed E-state index contributed by atoms with van der Waals surface area (Å²) in [4.78, 5) is 18.3. The normalized spacial score (nSPS) is 19.1. The van der Waals surface area contributed by atoms with Gasteiger partial charge in [-0.2, -0.15) is 28.5 Å². The van der Waals surface area contributed by atoms with Crippen LogP contribution in [-0.4, -0.2) is 43.9 Å². The third kappa shape index (κ3) is 3.63. The predicted molar refractivity (Wildman–Crippen MR) is 79.9 cm³/mol. The fraction of sp³-hybridized carbons (Fsp3) is 0.600. The van der Waals surface area contributed by atoms with Crippen LogP contribution in [0.25, 0.3) is 0 Å². The molecule has 1 aromatic heterocycles. The molecule has 19 heavy (non-hydrogen) atoms. The second-order valence-electron chi connectivity index (χ2n) is 4.07. The minimum atomic E-state index is -0.472. The van der Waals surface area contributed by atoms with Crippen molar-refractivity contribution in [3.63, 3.8) is 0 Å². The number of nitrogens with zero attached hydrogens (tertiary/aromatic N) is 3. The zero-order valence-corrected chi connectivity index (χ0v) is 12.1. The molecule has 1 atom stereocenters. The smallest absolute Gasteiger partial charge is 0.332 e. The van der Waals surface area contributed by atoms with Gasteiger partial charge in [0.15, 0.2) is 0 Å². The van der Waals surface area contributed by atoms with Gasteiger partial charge in [-0.3, -0.25) is 10.1 Å². The van der Waals surface area contributed by atoms with Crippen LogP contribution in [0.15, 0.2) is 0 Å². The monoisotopic (exact) mass is 301 g/mol. The quantitative estimate of drug-likeness (QED) is 0.637. The van der Waals surface area contributed by atoms with E-state index in [4.69, 9.17) is 5.73 Å². The van der Waals surface area contributed by atoms with E-state index >= 15 is 0 Å². The fourth-order valence-corrected chi connectivity index (χ4v) is 4.41. The number of nitrogens with two attached hydrogens (primary N) is 1. The lowest BCUT2D eigenvalue weighted by molar-refractivity contribution is -0.385. The van der Waals surface area contributed by atoms with Crippen molar-refractivity contribution in [2.75, 3.05) is 34.9 Å². The van der Waals surface area contributed by atoms with Crippen LogP contribution >= 0.6 is 23.5 Å². The first-order valence-corrected chi connectivity index (χ1v) is 8.00. The highest BCUT2D eigenvalue weighted by atomic mass is 32.2. The summed E-state index contributed by atoms with van der Waals surface area (Å²) in [6.07, 6.45) is 0. The Balaban J connectivity index is 2.12. The molecule has 1 fully saturated rings. The Morgan fingerprint density at radius 1 is 1.53 bits per heavy atom. The average molecular weight is 301 g/mol. The highest BCUT2D eigenvalue weighted by Gasteiger charge is 2.22. The lowest BCUT2D eigenvalue weighted by Crippen LogP contribution is -2.24. The Morgan fingerprint density at radius 2 is 2.32 bits per heavy atom. The molecule has 2 rings (SSSR count). The molecule has 1 aromatic rings. The van der Waals surface area contributed by atoms with Gasteiger partial charge >= 0.3 is 5.69 Å². The number of thioether (sulfide) groups is 2. The lowest BCUT2D eigenvalue weighted by Gasteiger charge is -2.21. The van der Waals surface area contributed by atoms with Crippen molar-refractivity contribution in [1.82, 2.24) is 9.97 Å². The summed E-state index contributed by atoms with van der Waals surface area (Å²) >= 11 is 3.78. The maximum atomic E-state index is 11.0. The molecule has 1 unspecified atom stereocenters. The molecule has 1 aliphatic heterocycles. The van der Waals surface area contributed by atoms with Crippen LogP contribution in [0.5, 0.6) is 0 Å². The molecule has 3 N–H and O–H groups in total. The van der Waals surface area contributed by atoms with Crippen molar-refractivity contribution >= 4 is 41.0 Å². The van der Waals surface area contributed by atoms with Gasteiger partial charge in [0.2, 0.25) is 11.8 Å². The standard InChI is InChI=1S/C10H15N5O2S2/c1-6-8(15(16)17)9(14-10(11)13-6)12-4-7-5-18-2-3-19-7/h7H,2-5H2,1H3,(H3,11,12,13,14). The maximum Gasteiger partial charge on any atom is 0.332 e. The third-order valence-corrected chi connectivity index (χ3v) is 5.49. The van der Waals surface area contributed by atoms with Crippen LogP contribution in [0.2, 0.25) is 0 Å². The molecule has 9 heteroatoms. The van der Waals surface area contributed by atoms with Crippen LogP contribution in [0.3, 0.4) is 0 Å². The molecular formula is C10H15N5O2S2. The zero-order valence-electron chi connectivity index (χ0n) is 10.5. The molecule has 0 saturated carbocycles. The van der Waals surface area contributed by atoms with E-state index in [1.165, 1.54) is 5.75 Å². The Labute approximate surface area is 119 Å². The molecule has 0 bridgehead atoms. The minimum Gasteiger partial charge on any atom is -0.368 e. The first-order valence-electron chi connectivity index (χ1n) is 5.79. The average Bonchev–Trinajstić information content (AvgIpc) is 2.36. The Hall–Kier alpha value is -1.22. The molecule has 0 aromatic carbocycles. The number of nitrogens with one attached hydrogen (secondary N) is 1. The number of nitro groups is 1. The van der Waals surface area contributed by atoms with E-state index in [1.54, 1.807) is 6.92 Å². The van der Waals surface area contributed by atoms with Gasteiger partial charge in [-0.25, -0.2) is 4.98 Å². The summed E-state index contributed by atoms with van der Waals surface area (Å²) in [6, 6.07) is 0. The molecule has 1 saturated heterocycles. The van der Waals surface area contributed by atoms with E-state index in [0.717, 1.165) is 11.5 Å². The van der Waals surface area contributed by atoms with E-state index in [9.17, 15) is 10.1 Å². The lowest BCUT2D eigenvalue weighted by atomic mass is 10.3. The second kappa shape index (κ2) is 6.29. The van der Waals surface area contributed by atoms with E-state index in [1.807, 2.05) is 23.5 Å². The Morgan fingerprint density at radius 3 is 2.95 bits per heavy atom. The number of anilines is 2. The highest BCUT2D eigenvalue weighted by Crippen LogP contribution is 2.28. The second-order valence-corrected chi connectivity index (χ2v) is 6.63. The first kappa shape index (κ1) is 14.2. The van der Waals surface area contributed by atoms with Crippen molar-refractivity contribution in [3.05, 3.63) is 15.8 Å². The minimum absolute atomic E-state index is 0.0521. The molecule has 0 radical (unpaired) electrons. The Bertz CT molecular complexity index is 479. The summed E-state index contributed by atoms with van der Waals surface area (Å²) in [5, 5.41) is 14.5. The van der Waals surface area contributed by atoms with E-state index in [-0.39, 0.29) is 23.1 Å². The van der Waals surface area contributed by atoms with Crippen molar-refractivity contribution in [2.45, 2.75) is 12.2 Å². The molecule has 7 nitrogen and oxygen atoms in total. The third-order valence-electron chi connectivity index (χ3n) is 2.64. The van der Waals surface area contributed by atoms with Crippen molar-refractivity contribution in [3.8, 4) is 0 Å². The van der Waals surface area contributed by atoms with Gasteiger partial charge in [-0.15, -0.1) is 0 Å². The number of rotatable bonds is 4. The predicted octanol–water partition coefficient (Wildman–Crippen LogP) is 1.54. The van der Waals surface area contributed by atoms with Gasteiger partial charge in [-0.1, -0.05) is 0 Å². The maximum absolute atomic E-state index is 11.0. The van der Waals surface area contributed by atoms with E-state index in [2.05, 4.69) is 15.3 Å². The number of hydrogen-bond acceptors (Lipinski definition) is 8. The zero-order chi connectivity index (χ0) is 13.8. The largest absolute Gasteiger partial charge is 0.368 e. The molecule has 0 aliphatic carbocycles. The van der Waals surface area contributed by atoms with Crippen molar-refractivity contribution in [1.29, 1.82) is 0 Å². The molecule has 0 amide bonds. The van der Waals surface area contributed by atoms with Crippen molar-refractivity contribution < 1.29 is 4.92 Å². The molecular weight excluding hydrogens is 286 g/mol. The SMILES string of the molecule is Cc1nc(N)nc(NCC2CSCCS2)c1[N+](=O)[O-]. The summed E-state index contributed by atoms with van der Waals surface area (Å²) in [7, 11) is 0. The molecule has 1 aliphatic rings. The highest BCUT2D eigenvalue weighted by molar-refractivity contribution is 8.06. The van der Waals surface area contributed by atoms with Gasteiger partial charge in [-0.05, 0) is 6.92 Å². The number of aryl methyl sites for hydroxylation is 1. The van der Waals surface area contributed by atoms with Crippen LogP contribution in [0.4, 0.5) is 17.5 Å². The van der Waals surface area contributed by atoms with Gasteiger partial charge in [0, 0.05) is 29.1 Å². The molecule has 0 spiro atoms. The van der Waals surface area contributed by atoms with Crippen LogP contribution in [0.1, 0.15) is 5.69 Å². The van der Waals surface area contributed by atoms with Crippen LogP contribution < -0.4 is 11.1 Å². The number of hydrogen-bond donors (Lipinski definition) is 2.